The van der Waals surface area contributed by atoms with Crippen LogP contribution in [-0.2, 0) is 4.79 Å². The third-order valence-corrected chi connectivity index (χ3v) is 2.85. The van der Waals surface area contributed by atoms with Gasteiger partial charge in [-0.1, -0.05) is 60.1 Å². The number of hydrazone groups is 1. The Morgan fingerprint density at radius 3 is 2.50 bits per heavy atom. The molecule has 0 saturated heterocycles. The van der Waals surface area contributed by atoms with Crippen LogP contribution in [-0.4, -0.2) is 12.1 Å². The number of halogens is 1. The summed E-state index contributed by atoms with van der Waals surface area (Å²) < 4.78 is 0. The zero-order chi connectivity index (χ0) is 14.2. The highest BCUT2D eigenvalue weighted by atomic mass is 35.5. The molecule has 1 amide bonds. The Morgan fingerprint density at radius 2 is 1.75 bits per heavy atom. The molecule has 2 rings (SSSR count). The second-order valence-corrected chi connectivity index (χ2v) is 4.41. The van der Waals surface area contributed by atoms with Crippen molar-refractivity contribution in [3.05, 3.63) is 76.8 Å². The van der Waals surface area contributed by atoms with Crippen molar-refractivity contribution in [2.75, 3.05) is 0 Å². The molecule has 0 unspecified atom stereocenters. The molecule has 0 aliphatic carbocycles. The molecule has 20 heavy (non-hydrogen) atoms. The fraction of sp³-hybridized carbons (Fsp3) is 0. The van der Waals surface area contributed by atoms with Gasteiger partial charge in [0.15, 0.2) is 0 Å². The second-order valence-electron chi connectivity index (χ2n) is 4.00. The van der Waals surface area contributed by atoms with Crippen LogP contribution in [0.3, 0.4) is 0 Å². The van der Waals surface area contributed by atoms with E-state index in [-0.39, 0.29) is 5.91 Å². The average molecular weight is 285 g/mol. The van der Waals surface area contributed by atoms with Gasteiger partial charge in [-0.2, -0.15) is 5.10 Å². The maximum absolute atomic E-state index is 11.5. The number of carbonyl (C=O) groups excluding carboxylic acids is 1. The lowest BCUT2D eigenvalue weighted by atomic mass is 10.2. The van der Waals surface area contributed by atoms with Crippen molar-refractivity contribution in [2.45, 2.75) is 0 Å². The summed E-state index contributed by atoms with van der Waals surface area (Å²) in [5.41, 5.74) is 4.12. The average Bonchev–Trinajstić information content (AvgIpc) is 2.48. The SMILES string of the molecule is O=C(/C=C/c1ccccc1)N/N=C/c1ccccc1Cl. The van der Waals surface area contributed by atoms with Gasteiger partial charge < -0.3 is 0 Å². The largest absolute Gasteiger partial charge is 0.268 e. The molecule has 0 aliphatic heterocycles. The first-order chi connectivity index (χ1) is 9.75. The normalized spacial score (nSPS) is 11.1. The smallest absolute Gasteiger partial charge is 0.264 e. The number of hydrogen-bond donors (Lipinski definition) is 1. The van der Waals surface area contributed by atoms with Gasteiger partial charge in [0.2, 0.25) is 0 Å². The van der Waals surface area contributed by atoms with E-state index in [2.05, 4.69) is 10.5 Å². The summed E-state index contributed by atoms with van der Waals surface area (Å²) >= 11 is 5.96. The maximum atomic E-state index is 11.5. The Labute approximate surface area is 122 Å². The van der Waals surface area contributed by atoms with E-state index >= 15 is 0 Å². The molecule has 0 heterocycles. The Bertz CT molecular complexity index is 636. The summed E-state index contributed by atoms with van der Waals surface area (Å²) in [4.78, 5) is 11.5. The fourth-order valence-corrected chi connectivity index (χ4v) is 1.70. The van der Waals surface area contributed by atoms with Gasteiger partial charge in [-0.3, -0.25) is 4.79 Å². The van der Waals surface area contributed by atoms with E-state index in [1.54, 1.807) is 12.1 Å². The number of carbonyl (C=O) groups is 1. The van der Waals surface area contributed by atoms with Gasteiger partial charge in [0.25, 0.3) is 5.91 Å². The summed E-state index contributed by atoms with van der Waals surface area (Å²) in [7, 11) is 0. The van der Waals surface area contributed by atoms with Crippen LogP contribution in [0.15, 0.2) is 65.8 Å². The minimum atomic E-state index is -0.294. The highest BCUT2D eigenvalue weighted by Gasteiger charge is 1.95. The van der Waals surface area contributed by atoms with Gasteiger partial charge in [-0.15, -0.1) is 0 Å². The molecule has 3 nitrogen and oxygen atoms in total. The van der Waals surface area contributed by atoms with Crippen LogP contribution in [0, 0.1) is 0 Å². The van der Waals surface area contributed by atoms with Crippen molar-refractivity contribution < 1.29 is 4.79 Å². The van der Waals surface area contributed by atoms with Crippen LogP contribution >= 0.6 is 11.6 Å². The zero-order valence-corrected chi connectivity index (χ0v) is 11.4. The van der Waals surface area contributed by atoms with Crippen LogP contribution in [0.4, 0.5) is 0 Å². The predicted molar refractivity (Wildman–Crippen MR) is 82.7 cm³/mol. The molecule has 1 N–H and O–H groups in total. The first-order valence-corrected chi connectivity index (χ1v) is 6.44. The monoisotopic (exact) mass is 284 g/mol. The molecule has 4 heteroatoms. The maximum Gasteiger partial charge on any atom is 0.264 e. The Kier molecular flexibility index (Phi) is 5.09. The molecule has 0 atom stereocenters. The number of nitrogens with one attached hydrogen (secondary N) is 1. The van der Waals surface area contributed by atoms with Gasteiger partial charge in [0, 0.05) is 16.7 Å². The highest BCUT2D eigenvalue weighted by Crippen LogP contribution is 2.11. The Balaban J connectivity index is 1.90. The molecule has 2 aromatic carbocycles. The summed E-state index contributed by atoms with van der Waals surface area (Å²) in [5, 5.41) is 4.44. The minimum Gasteiger partial charge on any atom is -0.268 e. The molecule has 0 aliphatic rings. The molecule has 0 aromatic heterocycles. The molecular weight excluding hydrogens is 272 g/mol. The summed E-state index contributed by atoms with van der Waals surface area (Å²) in [6, 6.07) is 16.8. The zero-order valence-electron chi connectivity index (χ0n) is 10.7. The van der Waals surface area contributed by atoms with Crippen LogP contribution in [0.5, 0.6) is 0 Å². The lowest BCUT2D eigenvalue weighted by molar-refractivity contribution is -0.116. The van der Waals surface area contributed by atoms with Gasteiger partial charge in [-0.05, 0) is 17.7 Å². The summed E-state index contributed by atoms with van der Waals surface area (Å²) in [5.74, 6) is -0.294. The third-order valence-electron chi connectivity index (χ3n) is 2.51. The fourth-order valence-electron chi connectivity index (χ4n) is 1.52. The van der Waals surface area contributed by atoms with Crippen molar-refractivity contribution >= 4 is 29.8 Å². The van der Waals surface area contributed by atoms with E-state index < -0.39 is 0 Å². The number of hydrogen-bond acceptors (Lipinski definition) is 2. The van der Waals surface area contributed by atoms with Gasteiger partial charge >= 0.3 is 0 Å². The molecule has 100 valence electrons. The number of amides is 1. The van der Waals surface area contributed by atoms with E-state index in [1.165, 1.54) is 12.3 Å². The van der Waals surface area contributed by atoms with E-state index in [0.717, 1.165) is 11.1 Å². The number of rotatable bonds is 4. The van der Waals surface area contributed by atoms with Gasteiger partial charge in [0.1, 0.15) is 0 Å². The predicted octanol–water partition coefficient (Wildman–Crippen LogP) is 3.50. The summed E-state index contributed by atoms with van der Waals surface area (Å²) in [6.07, 6.45) is 4.66. The number of benzene rings is 2. The Morgan fingerprint density at radius 1 is 1.05 bits per heavy atom. The van der Waals surface area contributed by atoms with Crippen LogP contribution in [0.25, 0.3) is 6.08 Å². The minimum absolute atomic E-state index is 0.294. The van der Waals surface area contributed by atoms with E-state index in [4.69, 9.17) is 11.6 Å². The molecule has 0 fully saturated rings. The second kappa shape index (κ2) is 7.26. The number of nitrogens with zero attached hydrogens (tertiary/aromatic N) is 1. The summed E-state index contributed by atoms with van der Waals surface area (Å²) in [6.45, 7) is 0. The van der Waals surface area contributed by atoms with Crippen molar-refractivity contribution in [1.82, 2.24) is 5.43 Å². The molecule has 0 bridgehead atoms. The molecule has 0 spiro atoms. The highest BCUT2D eigenvalue weighted by molar-refractivity contribution is 6.33. The van der Waals surface area contributed by atoms with Crippen molar-refractivity contribution in [3.63, 3.8) is 0 Å². The Hall–Kier alpha value is -2.39. The van der Waals surface area contributed by atoms with Crippen LogP contribution < -0.4 is 5.43 Å². The molecule has 0 radical (unpaired) electrons. The molecule has 0 saturated carbocycles. The first-order valence-electron chi connectivity index (χ1n) is 6.06. The van der Waals surface area contributed by atoms with Gasteiger partial charge in [0.05, 0.1) is 6.21 Å². The van der Waals surface area contributed by atoms with E-state index in [9.17, 15) is 4.79 Å². The van der Waals surface area contributed by atoms with Crippen LogP contribution in [0.2, 0.25) is 5.02 Å². The van der Waals surface area contributed by atoms with Crippen molar-refractivity contribution in [1.29, 1.82) is 0 Å². The third kappa shape index (κ3) is 4.37. The lowest BCUT2D eigenvalue weighted by Gasteiger charge is -1.96. The first kappa shape index (κ1) is 14.0. The standard InChI is InChI=1S/C16H13ClN2O/c17-15-9-5-4-8-14(15)12-18-19-16(20)11-10-13-6-2-1-3-7-13/h1-12H,(H,19,20)/b11-10+,18-12+. The molecule has 2 aromatic rings. The molecular formula is C16H13ClN2O. The van der Waals surface area contributed by atoms with Gasteiger partial charge in [-0.25, -0.2) is 5.43 Å². The van der Waals surface area contributed by atoms with Crippen molar-refractivity contribution in [2.24, 2.45) is 5.10 Å². The topological polar surface area (TPSA) is 41.5 Å². The lowest BCUT2D eigenvalue weighted by Crippen LogP contribution is -2.14. The van der Waals surface area contributed by atoms with E-state index in [1.807, 2.05) is 48.5 Å². The quantitative estimate of drug-likeness (QED) is 0.521. The van der Waals surface area contributed by atoms with Crippen molar-refractivity contribution in [3.8, 4) is 0 Å². The van der Waals surface area contributed by atoms with E-state index in [0.29, 0.717) is 5.02 Å². The van der Waals surface area contributed by atoms with Crippen LogP contribution in [0.1, 0.15) is 11.1 Å².